The van der Waals surface area contributed by atoms with Crippen LogP contribution in [0.1, 0.15) is 45.4 Å². The van der Waals surface area contributed by atoms with Crippen molar-refractivity contribution in [2.45, 2.75) is 61.9 Å². The number of carbonyl (C=O) groups excluding carboxylic acids is 1. The minimum Gasteiger partial charge on any atom is -0.349 e. The molecule has 0 aliphatic heterocycles. The zero-order valence-electron chi connectivity index (χ0n) is 14.9. The van der Waals surface area contributed by atoms with Gasteiger partial charge in [0.05, 0.1) is 6.04 Å². The Morgan fingerprint density at radius 2 is 1.65 bits per heavy atom. The number of benzene rings is 1. The number of nitrogens with one attached hydrogen (secondary N) is 2. The van der Waals surface area contributed by atoms with Crippen LogP contribution < -0.4 is 10.0 Å². The normalized spacial score (nSPS) is 33.8. The maximum atomic E-state index is 13.8. The highest BCUT2D eigenvalue weighted by Gasteiger charge is 2.51. The molecule has 0 heterocycles. The number of hydrogen-bond donors (Lipinski definition) is 2. The topological polar surface area (TPSA) is 75.3 Å². The Bertz CT molecular complexity index is 789. The molecule has 0 aromatic heterocycles. The van der Waals surface area contributed by atoms with Gasteiger partial charge in [0.25, 0.3) is 0 Å². The first-order valence-electron chi connectivity index (χ1n) is 9.35. The molecular formula is C19H25FN2O3S. The van der Waals surface area contributed by atoms with Crippen molar-refractivity contribution < 1.29 is 17.6 Å². The Morgan fingerprint density at radius 3 is 2.19 bits per heavy atom. The van der Waals surface area contributed by atoms with Gasteiger partial charge in [-0.15, -0.1) is 0 Å². The molecule has 5 rings (SSSR count). The molecule has 1 amide bonds. The van der Waals surface area contributed by atoms with Crippen LogP contribution in [0.3, 0.4) is 0 Å². The molecule has 0 spiro atoms. The second kappa shape index (κ2) is 6.30. The zero-order chi connectivity index (χ0) is 18.5. The lowest BCUT2D eigenvalue weighted by Crippen LogP contribution is -2.62. The summed E-state index contributed by atoms with van der Waals surface area (Å²) in [6.45, 7) is 1.51. The Morgan fingerprint density at radius 1 is 1.12 bits per heavy atom. The predicted molar refractivity (Wildman–Crippen MR) is 95.2 cm³/mol. The number of rotatable bonds is 5. The van der Waals surface area contributed by atoms with E-state index >= 15 is 0 Å². The van der Waals surface area contributed by atoms with Crippen molar-refractivity contribution in [1.82, 2.24) is 10.0 Å². The van der Waals surface area contributed by atoms with Gasteiger partial charge in [-0.3, -0.25) is 4.79 Å². The van der Waals surface area contributed by atoms with Gasteiger partial charge in [-0.05, 0) is 75.3 Å². The lowest BCUT2D eigenvalue weighted by atomic mass is 9.53. The van der Waals surface area contributed by atoms with Crippen molar-refractivity contribution in [3.8, 4) is 0 Å². The lowest BCUT2D eigenvalue weighted by Gasteiger charge is -2.57. The molecule has 1 aromatic carbocycles. The third kappa shape index (κ3) is 3.27. The second-order valence-electron chi connectivity index (χ2n) is 8.46. The van der Waals surface area contributed by atoms with Gasteiger partial charge in [0.1, 0.15) is 10.7 Å². The molecule has 1 aromatic rings. The first-order valence-corrected chi connectivity index (χ1v) is 10.8. The van der Waals surface area contributed by atoms with Gasteiger partial charge in [0, 0.05) is 5.54 Å². The van der Waals surface area contributed by atoms with Crippen molar-refractivity contribution in [1.29, 1.82) is 0 Å². The van der Waals surface area contributed by atoms with Crippen molar-refractivity contribution in [3.63, 3.8) is 0 Å². The smallest absolute Gasteiger partial charge is 0.244 e. The summed E-state index contributed by atoms with van der Waals surface area (Å²) < 4.78 is 40.9. The molecule has 4 fully saturated rings. The summed E-state index contributed by atoms with van der Waals surface area (Å²) in [5.41, 5.74) is -0.177. The number of hydrogen-bond acceptors (Lipinski definition) is 3. The third-order valence-corrected chi connectivity index (χ3v) is 7.85. The van der Waals surface area contributed by atoms with E-state index in [0.717, 1.165) is 25.3 Å². The number of halogens is 1. The van der Waals surface area contributed by atoms with Crippen molar-refractivity contribution in [2.75, 3.05) is 0 Å². The van der Waals surface area contributed by atoms with Gasteiger partial charge in [-0.25, -0.2) is 12.8 Å². The van der Waals surface area contributed by atoms with Crippen LogP contribution in [-0.2, 0) is 14.8 Å². The highest BCUT2D eigenvalue weighted by atomic mass is 32.2. The van der Waals surface area contributed by atoms with Crippen LogP contribution in [0.4, 0.5) is 4.39 Å². The molecule has 26 heavy (non-hydrogen) atoms. The quantitative estimate of drug-likeness (QED) is 0.824. The Hall–Kier alpha value is -1.47. The lowest BCUT2D eigenvalue weighted by molar-refractivity contribution is -0.128. The maximum absolute atomic E-state index is 13.8. The molecule has 4 bridgehead atoms. The number of amides is 1. The fourth-order valence-corrected chi connectivity index (χ4v) is 6.93. The van der Waals surface area contributed by atoms with Gasteiger partial charge < -0.3 is 5.32 Å². The molecule has 4 aliphatic carbocycles. The van der Waals surface area contributed by atoms with E-state index < -0.39 is 26.8 Å². The summed E-state index contributed by atoms with van der Waals surface area (Å²) in [7, 11) is -4.09. The second-order valence-corrected chi connectivity index (χ2v) is 10.1. The van der Waals surface area contributed by atoms with Crippen LogP contribution in [0.2, 0.25) is 0 Å². The summed E-state index contributed by atoms with van der Waals surface area (Å²) in [4.78, 5) is 12.3. The fraction of sp³-hybridized carbons (Fsp3) is 0.632. The molecule has 7 heteroatoms. The molecule has 5 nitrogen and oxygen atoms in total. The molecule has 142 valence electrons. The summed E-state index contributed by atoms with van der Waals surface area (Å²) in [5.74, 6) is 0.909. The average Bonchev–Trinajstić information content (AvgIpc) is 2.52. The Balaban J connectivity index is 1.45. The van der Waals surface area contributed by atoms with Crippen molar-refractivity contribution in [2.24, 2.45) is 17.8 Å². The van der Waals surface area contributed by atoms with E-state index in [1.165, 1.54) is 44.4 Å². The van der Waals surface area contributed by atoms with Crippen LogP contribution in [-0.4, -0.2) is 25.9 Å². The third-order valence-electron chi connectivity index (χ3n) is 6.28. The Kier molecular flexibility index (Phi) is 4.34. The van der Waals surface area contributed by atoms with Crippen LogP contribution in [0.5, 0.6) is 0 Å². The molecule has 0 saturated heterocycles. The van der Waals surface area contributed by atoms with E-state index in [0.29, 0.717) is 17.8 Å². The standard InChI is InChI=1S/C19H25FN2O3S/c1-12(22-26(24,25)17-5-3-2-4-16(17)20)18(23)21-19-9-13-6-14(10-19)8-15(7-13)11-19/h2-5,12-15,22H,6-11H2,1H3,(H,21,23)/t12-,13?,14?,15?,19?/m0/s1. The van der Waals surface area contributed by atoms with Crippen LogP contribution in [0.25, 0.3) is 0 Å². The monoisotopic (exact) mass is 380 g/mol. The summed E-state index contributed by atoms with van der Waals surface area (Å²) in [6.07, 6.45) is 6.80. The van der Waals surface area contributed by atoms with E-state index in [1.807, 2.05) is 0 Å². The molecule has 4 aliphatic rings. The first-order chi connectivity index (χ1) is 12.3. The molecule has 0 unspecified atom stereocenters. The van der Waals surface area contributed by atoms with Gasteiger partial charge in [0.15, 0.2) is 0 Å². The number of sulfonamides is 1. The van der Waals surface area contributed by atoms with E-state index in [2.05, 4.69) is 10.0 Å². The Labute approximate surface area is 153 Å². The van der Waals surface area contributed by atoms with Gasteiger partial charge >= 0.3 is 0 Å². The van der Waals surface area contributed by atoms with Gasteiger partial charge in [-0.2, -0.15) is 4.72 Å². The van der Waals surface area contributed by atoms with E-state index in [-0.39, 0.29) is 11.4 Å². The summed E-state index contributed by atoms with van der Waals surface area (Å²) >= 11 is 0. The number of carbonyl (C=O) groups is 1. The summed E-state index contributed by atoms with van der Waals surface area (Å²) in [5, 5.41) is 3.15. The van der Waals surface area contributed by atoms with Crippen LogP contribution in [0, 0.1) is 23.6 Å². The average molecular weight is 380 g/mol. The highest BCUT2D eigenvalue weighted by molar-refractivity contribution is 7.89. The van der Waals surface area contributed by atoms with Crippen molar-refractivity contribution >= 4 is 15.9 Å². The molecule has 0 radical (unpaired) electrons. The predicted octanol–water partition coefficient (Wildman–Crippen LogP) is 2.58. The van der Waals surface area contributed by atoms with Crippen LogP contribution in [0.15, 0.2) is 29.2 Å². The molecular weight excluding hydrogens is 355 g/mol. The molecule has 1 atom stereocenters. The molecule has 4 saturated carbocycles. The fourth-order valence-electron chi connectivity index (χ4n) is 5.65. The maximum Gasteiger partial charge on any atom is 0.244 e. The molecule has 2 N–H and O–H groups in total. The SMILES string of the molecule is C[C@H](NS(=O)(=O)c1ccccc1F)C(=O)NC12CC3CC(CC(C3)C1)C2. The van der Waals surface area contributed by atoms with Gasteiger partial charge in [0.2, 0.25) is 15.9 Å². The van der Waals surface area contributed by atoms with Gasteiger partial charge in [-0.1, -0.05) is 12.1 Å². The largest absolute Gasteiger partial charge is 0.349 e. The minimum absolute atomic E-state index is 0.177. The van der Waals surface area contributed by atoms with E-state index in [1.54, 1.807) is 0 Å². The van der Waals surface area contributed by atoms with Crippen molar-refractivity contribution in [3.05, 3.63) is 30.1 Å². The highest BCUT2D eigenvalue weighted by Crippen LogP contribution is 2.55. The minimum atomic E-state index is -4.09. The summed E-state index contributed by atoms with van der Waals surface area (Å²) in [6, 6.07) is 4.22. The van der Waals surface area contributed by atoms with Crippen LogP contribution >= 0.6 is 0 Å². The zero-order valence-corrected chi connectivity index (χ0v) is 15.7. The van der Waals surface area contributed by atoms with E-state index in [9.17, 15) is 17.6 Å². The first kappa shape index (κ1) is 17.9. The van der Waals surface area contributed by atoms with E-state index in [4.69, 9.17) is 0 Å².